The SMILES string of the molecule is CCOC(=O)C1=C(CN2CCN(Cc3ccccc3)CC2)NC(=O)NC1c1cccc(OC)c1OC. The smallest absolute Gasteiger partial charge is 0.338 e. The Labute approximate surface area is 212 Å². The Hall–Kier alpha value is -3.56. The normalized spacial score (nSPS) is 18.9. The fourth-order valence-corrected chi connectivity index (χ4v) is 4.74. The number of rotatable bonds is 9. The van der Waals surface area contributed by atoms with Gasteiger partial charge in [0.15, 0.2) is 11.5 Å². The van der Waals surface area contributed by atoms with Gasteiger partial charge in [-0.15, -0.1) is 0 Å². The van der Waals surface area contributed by atoms with Crippen molar-refractivity contribution in [3.05, 3.63) is 70.9 Å². The van der Waals surface area contributed by atoms with Gasteiger partial charge in [-0.05, 0) is 18.6 Å². The van der Waals surface area contributed by atoms with Crippen LogP contribution in [0.15, 0.2) is 59.8 Å². The number of carbonyl (C=O) groups excluding carboxylic acids is 2. The van der Waals surface area contributed by atoms with E-state index in [9.17, 15) is 9.59 Å². The maximum absolute atomic E-state index is 13.2. The number of benzene rings is 2. The average Bonchev–Trinajstić information content (AvgIpc) is 2.89. The number of hydrogen-bond donors (Lipinski definition) is 2. The van der Waals surface area contributed by atoms with Gasteiger partial charge in [0.05, 0.1) is 32.4 Å². The number of ether oxygens (including phenoxy) is 3. The highest BCUT2D eigenvalue weighted by atomic mass is 16.5. The summed E-state index contributed by atoms with van der Waals surface area (Å²) in [6.07, 6.45) is 0. The number of urea groups is 1. The lowest BCUT2D eigenvalue weighted by molar-refractivity contribution is -0.139. The molecule has 0 spiro atoms. The number of hydrogen-bond acceptors (Lipinski definition) is 7. The molecule has 4 rings (SSSR count). The van der Waals surface area contributed by atoms with Crippen molar-refractivity contribution in [2.45, 2.75) is 19.5 Å². The van der Waals surface area contributed by atoms with Crippen molar-refractivity contribution in [3.8, 4) is 11.5 Å². The first-order valence-corrected chi connectivity index (χ1v) is 12.2. The fourth-order valence-electron chi connectivity index (χ4n) is 4.74. The minimum atomic E-state index is -0.739. The Kier molecular flexibility index (Phi) is 8.45. The summed E-state index contributed by atoms with van der Waals surface area (Å²) in [5, 5.41) is 5.75. The highest BCUT2D eigenvalue weighted by Crippen LogP contribution is 2.39. The first-order valence-electron chi connectivity index (χ1n) is 12.2. The van der Waals surface area contributed by atoms with Crippen LogP contribution in [0.3, 0.4) is 0 Å². The molecule has 2 aliphatic rings. The topological polar surface area (TPSA) is 92.4 Å². The zero-order valence-corrected chi connectivity index (χ0v) is 21.1. The molecule has 9 nitrogen and oxygen atoms in total. The van der Waals surface area contributed by atoms with Crippen LogP contribution in [0.5, 0.6) is 11.5 Å². The van der Waals surface area contributed by atoms with E-state index < -0.39 is 12.0 Å². The van der Waals surface area contributed by atoms with Crippen LogP contribution in [0.4, 0.5) is 4.79 Å². The number of esters is 1. The molecule has 0 aliphatic carbocycles. The Bertz CT molecular complexity index is 1100. The Morgan fingerprint density at radius 1 is 0.944 bits per heavy atom. The lowest BCUT2D eigenvalue weighted by Crippen LogP contribution is -2.51. The molecule has 2 amide bonds. The van der Waals surface area contributed by atoms with Crippen LogP contribution in [0, 0.1) is 0 Å². The molecule has 1 fully saturated rings. The standard InChI is InChI=1S/C27H34N4O5/c1-4-36-26(32)23-21(18-31-15-13-30(14-16-31)17-19-9-6-5-7-10-19)28-27(33)29-24(23)20-11-8-12-22(34-2)25(20)35-3/h5-12,24H,4,13-18H2,1-3H3,(H2,28,29,33). The third-order valence-corrected chi connectivity index (χ3v) is 6.49. The van der Waals surface area contributed by atoms with E-state index >= 15 is 0 Å². The van der Waals surface area contributed by atoms with Gasteiger partial charge in [-0.1, -0.05) is 42.5 Å². The molecule has 0 aromatic heterocycles. The van der Waals surface area contributed by atoms with Crippen LogP contribution in [0.1, 0.15) is 24.1 Å². The number of methoxy groups -OCH3 is 2. The van der Waals surface area contributed by atoms with E-state index in [1.54, 1.807) is 26.2 Å². The number of nitrogens with zero attached hydrogens (tertiary/aromatic N) is 2. The molecule has 2 aromatic carbocycles. The zero-order valence-electron chi connectivity index (χ0n) is 21.1. The minimum Gasteiger partial charge on any atom is -0.493 e. The number of piperazine rings is 1. The summed E-state index contributed by atoms with van der Waals surface area (Å²) < 4.78 is 16.5. The predicted octanol–water partition coefficient (Wildman–Crippen LogP) is 2.69. The van der Waals surface area contributed by atoms with Crippen molar-refractivity contribution in [1.82, 2.24) is 20.4 Å². The van der Waals surface area contributed by atoms with Crippen LogP contribution >= 0.6 is 0 Å². The highest BCUT2D eigenvalue weighted by molar-refractivity contribution is 5.95. The molecule has 0 radical (unpaired) electrons. The van der Waals surface area contributed by atoms with Gasteiger partial charge in [0.1, 0.15) is 0 Å². The van der Waals surface area contributed by atoms with Gasteiger partial charge < -0.3 is 24.8 Å². The molecule has 1 atom stereocenters. The lowest BCUT2D eigenvalue weighted by Gasteiger charge is -2.37. The van der Waals surface area contributed by atoms with Gasteiger partial charge in [0.25, 0.3) is 0 Å². The van der Waals surface area contributed by atoms with Crippen LogP contribution < -0.4 is 20.1 Å². The number of para-hydroxylation sites is 1. The fraction of sp³-hybridized carbons (Fsp3) is 0.407. The second-order valence-electron chi connectivity index (χ2n) is 8.76. The zero-order chi connectivity index (χ0) is 25.5. The third-order valence-electron chi connectivity index (χ3n) is 6.49. The van der Waals surface area contributed by atoms with Gasteiger partial charge in [-0.3, -0.25) is 9.80 Å². The van der Waals surface area contributed by atoms with Crippen molar-refractivity contribution < 1.29 is 23.8 Å². The summed E-state index contributed by atoms with van der Waals surface area (Å²) in [7, 11) is 3.08. The van der Waals surface area contributed by atoms with Gasteiger partial charge in [-0.2, -0.15) is 0 Å². The molecule has 1 unspecified atom stereocenters. The minimum absolute atomic E-state index is 0.226. The predicted molar refractivity (Wildman–Crippen MR) is 136 cm³/mol. The van der Waals surface area contributed by atoms with Crippen molar-refractivity contribution in [3.63, 3.8) is 0 Å². The molecule has 36 heavy (non-hydrogen) atoms. The summed E-state index contributed by atoms with van der Waals surface area (Å²) in [6.45, 7) is 6.77. The molecule has 192 valence electrons. The number of carbonyl (C=O) groups is 2. The molecule has 2 aromatic rings. The lowest BCUT2D eigenvalue weighted by atomic mass is 9.93. The Balaban J connectivity index is 1.58. The molecule has 0 saturated carbocycles. The first-order chi connectivity index (χ1) is 17.5. The first kappa shape index (κ1) is 25.5. The highest BCUT2D eigenvalue weighted by Gasteiger charge is 2.36. The summed E-state index contributed by atoms with van der Waals surface area (Å²) >= 11 is 0. The van der Waals surface area contributed by atoms with Gasteiger partial charge in [0.2, 0.25) is 0 Å². The van der Waals surface area contributed by atoms with E-state index in [1.165, 1.54) is 12.7 Å². The molecule has 2 heterocycles. The molecule has 9 heteroatoms. The second kappa shape index (κ2) is 11.9. The van der Waals surface area contributed by atoms with E-state index in [1.807, 2.05) is 12.1 Å². The number of nitrogens with one attached hydrogen (secondary N) is 2. The maximum atomic E-state index is 13.2. The van der Waals surface area contributed by atoms with Crippen LogP contribution in [-0.2, 0) is 16.1 Å². The largest absolute Gasteiger partial charge is 0.493 e. The van der Waals surface area contributed by atoms with Crippen LogP contribution in [0.25, 0.3) is 0 Å². The average molecular weight is 495 g/mol. The molecule has 2 N–H and O–H groups in total. The Morgan fingerprint density at radius 2 is 1.64 bits per heavy atom. The molecule has 2 aliphatic heterocycles. The quantitative estimate of drug-likeness (QED) is 0.518. The van der Waals surface area contributed by atoms with Crippen LogP contribution in [0.2, 0.25) is 0 Å². The monoisotopic (exact) mass is 494 g/mol. The van der Waals surface area contributed by atoms with Crippen molar-refractivity contribution in [2.75, 3.05) is 53.6 Å². The maximum Gasteiger partial charge on any atom is 0.338 e. The number of amides is 2. The summed E-state index contributed by atoms with van der Waals surface area (Å²) in [6, 6.07) is 14.7. The second-order valence-corrected chi connectivity index (χ2v) is 8.76. The third kappa shape index (κ3) is 5.80. The molecular formula is C27H34N4O5. The summed E-state index contributed by atoms with van der Waals surface area (Å²) in [5.41, 5.74) is 2.83. The van der Waals surface area contributed by atoms with E-state index in [2.05, 4.69) is 44.7 Å². The van der Waals surface area contributed by atoms with E-state index in [0.29, 0.717) is 34.9 Å². The van der Waals surface area contributed by atoms with Gasteiger partial charge >= 0.3 is 12.0 Å². The van der Waals surface area contributed by atoms with Gasteiger partial charge in [-0.25, -0.2) is 9.59 Å². The Morgan fingerprint density at radius 3 is 2.28 bits per heavy atom. The van der Waals surface area contributed by atoms with E-state index in [-0.39, 0.29) is 12.6 Å². The van der Waals surface area contributed by atoms with Crippen molar-refractivity contribution in [2.24, 2.45) is 0 Å². The van der Waals surface area contributed by atoms with Crippen molar-refractivity contribution in [1.29, 1.82) is 0 Å². The molecular weight excluding hydrogens is 460 g/mol. The van der Waals surface area contributed by atoms with E-state index in [4.69, 9.17) is 14.2 Å². The van der Waals surface area contributed by atoms with Crippen LogP contribution in [-0.4, -0.2) is 75.4 Å². The van der Waals surface area contributed by atoms with Crippen molar-refractivity contribution >= 4 is 12.0 Å². The van der Waals surface area contributed by atoms with E-state index in [0.717, 1.165) is 32.7 Å². The molecule has 1 saturated heterocycles. The summed E-state index contributed by atoms with van der Waals surface area (Å²) in [5.74, 6) is 0.502. The summed E-state index contributed by atoms with van der Waals surface area (Å²) in [4.78, 5) is 30.6. The van der Waals surface area contributed by atoms with Gasteiger partial charge in [0, 0.05) is 50.5 Å². The molecule has 0 bridgehead atoms.